The fraction of sp³-hybridized carbons (Fsp3) is 1.00. The molecular formula is C11H21NO. The number of hydrogen-bond donors (Lipinski definition) is 1. The van der Waals surface area contributed by atoms with Gasteiger partial charge in [0.2, 0.25) is 0 Å². The van der Waals surface area contributed by atoms with Crippen LogP contribution in [0.3, 0.4) is 0 Å². The van der Waals surface area contributed by atoms with Gasteiger partial charge in [0.25, 0.3) is 0 Å². The van der Waals surface area contributed by atoms with Crippen LogP contribution in [0.4, 0.5) is 0 Å². The average Bonchev–Trinajstić information content (AvgIpc) is 2.54. The second kappa shape index (κ2) is 3.97. The van der Waals surface area contributed by atoms with E-state index in [4.69, 9.17) is 4.74 Å². The molecule has 0 aromatic rings. The Bertz CT molecular complexity index is 159. The fourth-order valence-electron chi connectivity index (χ4n) is 2.36. The van der Waals surface area contributed by atoms with Crippen molar-refractivity contribution in [3.63, 3.8) is 0 Å². The minimum absolute atomic E-state index is 0.594. The first-order valence-corrected chi connectivity index (χ1v) is 5.61. The van der Waals surface area contributed by atoms with Gasteiger partial charge in [-0.05, 0) is 31.1 Å². The summed E-state index contributed by atoms with van der Waals surface area (Å²) in [6.45, 7) is 5.83. The molecule has 0 amide bonds. The molecule has 76 valence electrons. The van der Waals surface area contributed by atoms with Gasteiger partial charge in [0.1, 0.15) is 0 Å². The highest BCUT2D eigenvalue weighted by atomic mass is 16.5. The Morgan fingerprint density at radius 3 is 2.85 bits per heavy atom. The Morgan fingerprint density at radius 2 is 2.31 bits per heavy atom. The van der Waals surface area contributed by atoms with Crippen LogP contribution in [0, 0.1) is 5.41 Å². The van der Waals surface area contributed by atoms with Crippen molar-refractivity contribution in [1.29, 1.82) is 0 Å². The Labute approximate surface area is 81.0 Å². The average molecular weight is 183 g/mol. The maximum absolute atomic E-state index is 5.60. The summed E-state index contributed by atoms with van der Waals surface area (Å²) in [6, 6.07) is 0. The minimum Gasteiger partial charge on any atom is -0.378 e. The van der Waals surface area contributed by atoms with Crippen LogP contribution >= 0.6 is 0 Å². The smallest absolute Gasteiger partial charge is 0.0576 e. The van der Waals surface area contributed by atoms with Gasteiger partial charge in [-0.1, -0.05) is 13.3 Å². The molecule has 2 saturated heterocycles. The number of hydrogen-bond acceptors (Lipinski definition) is 2. The molecule has 0 spiro atoms. The molecule has 2 fully saturated rings. The van der Waals surface area contributed by atoms with Gasteiger partial charge in [-0.15, -0.1) is 0 Å². The third-order valence-corrected chi connectivity index (χ3v) is 3.43. The van der Waals surface area contributed by atoms with Crippen molar-refractivity contribution in [3.05, 3.63) is 0 Å². The van der Waals surface area contributed by atoms with Gasteiger partial charge in [0.15, 0.2) is 0 Å². The summed E-state index contributed by atoms with van der Waals surface area (Å²) in [5.74, 6) is 0. The second-order valence-corrected chi connectivity index (χ2v) is 4.94. The monoisotopic (exact) mass is 183 g/mol. The summed E-state index contributed by atoms with van der Waals surface area (Å²) in [7, 11) is 0. The molecule has 1 unspecified atom stereocenters. The predicted octanol–water partition coefficient (Wildman–Crippen LogP) is 1.95. The molecule has 0 aliphatic carbocycles. The fourth-order valence-corrected chi connectivity index (χ4v) is 2.36. The molecule has 0 aromatic heterocycles. The molecule has 2 rings (SSSR count). The Morgan fingerprint density at radius 1 is 1.46 bits per heavy atom. The van der Waals surface area contributed by atoms with E-state index in [0.717, 1.165) is 6.61 Å². The van der Waals surface area contributed by atoms with E-state index in [-0.39, 0.29) is 0 Å². The number of ether oxygens (including phenoxy) is 1. The Hall–Kier alpha value is -0.0800. The van der Waals surface area contributed by atoms with Crippen LogP contribution in [-0.4, -0.2) is 25.8 Å². The molecule has 0 saturated carbocycles. The molecule has 2 aliphatic rings. The third kappa shape index (κ3) is 2.44. The molecule has 0 aromatic carbocycles. The first-order valence-electron chi connectivity index (χ1n) is 5.61. The summed E-state index contributed by atoms with van der Waals surface area (Å²) in [4.78, 5) is 0. The van der Waals surface area contributed by atoms with E-state index in [1.54, 1.807) is 0 Å². The molecular weight excluding hydrogens is 162 g/mol. The second-order valence-electron chi connectivity index (χ2n) is 4.94. The van der Waals surface area contributed by atoms with Crippen molar-refractivity contribution in [2.75, 3.05) is 19.7 Å². The van der Waals surface area contributed by atoms with Gasteiger partial charge in [0.05, 0.1) is 6.10 Å². The topological polar surface area (TPSA) is 21.3 Å². The lowest BCUT2D eigenvalue weighted by Crippen LogP contribution is -2.51. The molecule has 2 heterocycles. The SMILES string of the molecule is CC1(CCCC2CCCO2)CNC1. The standard InChI is InChI=1S/C11H21NO/c1-11(8-12-9-11)6-2-4-10-5-3-7-13-10/h10,12H,2-9H2,1H3. The quantitative estimate of drug-likeness (QED) is 0.719. The molecule has 2 heteroatoms. The summed E-state index contributed by atoms with van der Waals surface area (Å²) in [6.07, 6.45) is 7.19. The largest absolute Gasteiger partial charge is 0.378 e. The molecule has 0 radical (unpaired) electrons. The van der Waals surface area contributed by atoms with Crippen molar-refractivity contribution in [2.24, 2.45) is 5.41 Å². The van der Waals surface area contributed by atoms with E-state index in [1.807, 2.05) is 0 Å². The van der Waals surface area contributed by atoms with Gasteiger partial charge in [-0.2, -0.15) is 0 Å². The first kappa shape index (κ1) is 9.47. The lowest BCUT2D eigenvalue weighted by molar-refractivity contribution is 0.0931. The van der Waals surface area contributed by atoms with E-state index < -0.39 is 0 Å². The normalized spacial score (nSPS) is 31.6. The van der Waals surface area contributed by atoms with Gasteiger partial charge in [-0.25, -0.2) is 0 Å². The molecule has 2 nitrogen and oxygen atoms in total. The molecule has 1 N–H and O–H groups in total. The molecule has 2 aliphatic heterocycles. The van der Waals surface area contributed by atoms with Crippen LogP contribution in [-0.2, 0) is 4.74 Å². The number of nitrogens with one attached hydrogen (secondary N) is 1. The highest BCUT2D eigenvalue weighted by Gasteiger charge is 2.31. The maximum Gasteiger partial charge on any atom is 0.0576 e. The van der Waals surface area contributed by atoms with Crippen molar-refractivity contribution in [1.82, 2.24) is 5.32 Å². The Balaban J connectivity index is 1.57. The van der Waals surface area contributed by atoms with Crippen LogP contribution in [0.2, 0.25) is 0 Å². The zero-order valence-corrected chi connectivity index (χ0v) is 8.64. The third-order valence-electron chi connectivity index (χ3n) is 3.43. The Kier molecular flexibility index (Phi) is 2.89. The van der Waals surface area contributed by atoms with Gasteiger partial charge < -0.3 is 10.1 Å². The van der Waals surface area contributed by atoms with Crippen LogP contribution in [0.1, 0.15) is 39.0 Å². The van der Waals surface area contributed by atoms with Crippen LogP contribution < -0.4 is 5.32 Å². The summed E-state index contributed by atoms with van der Waals surface area (Å²) < 4.78 is 5.60. The number of rotatable bonds is 4. The molecule has 0 bridgehead atoms. The minimum atomic E-state index is 0.594. The van der Waals surface area contributed by atoms with E-state index in [9.17, 15) is 0 Å². The van der Waals surface area contributed by atoms with Crippen molar-refractivity contribution in [2.45, 2.75) is 45.1 Å². The summed E-state index contributed by atoms with van der Waals surface area (Å²) in [5, 5.41) is 3.35. The molecule has 13 heavy (non-hydrogen) atoms. The summed E-state index contributed by atoms with van der Waals surface area (Å²) >= 11 is 0. The predicted molar refractivity (Wildman–Crippen MR) is 53.8 cm³/mol. The van der Waals surface area contributed by atoms with Gasteiger partial charge >= 0.3 is 0 Å². The first-order chi connectivity index (χ1) is 6.29. The van der Waals surface area contributed by atoms with Crippen molar-refractivity contribution >= 4 is 0 Å². The van der Waals surface area contributed by atoms with Gasteiger partial charge in [0, 0.05) is 19.7 Å². The van der Waals surface area contributed by atoms with E-state index in [2.05, 4.69) is 12.2 Å². The highest BCUT2D eigenvalue weighted by molar-refractivity contribution is 4.88. The highest BCUT2D eigenvalue weighted by Crippen LogP contribution is 2.29. The van der Waals surface area contributed by atoms with Crippen LogP contribution in [0.5, 0.6) is 0 Å². The van der Waals surface area contributed by atoms with Crippen molar-refractivity contribution < 1.29 is 4.74 Å². The van der Waals surface area contributed by atoms with E-state index >= 15 is 0 Å². The zero-order valence-electron chi connectivity index (χ0n) is 8.64. The lowest BCUT2D eigenvalue weighted by Gasteiger charge is -2.39. The maximum atomic E-state index is 5.60. The summed E-state index contributed by atoms with van der Waals surface area (Å²) in [5.41, 5.74) is 0.610. The zero-order chi connectivity index (χ0) is 9.15. The van der Waals surface area contributed by atoms with E-state index in [1.165, 1.54) is 45.2 Å². The van der Waals surface area contributed by atoms with Crippen LogP contribution in [0.15, 0.2) is 0 Å². The lowest BCUT2D eigenvalue weighted by atomic mass is 9.79. The van der Waals surface area contributed by atoms with E-state index in [0.29, 0.717) is 11.5 Å². The molecule has 1 atom stereocenters. The van der Waals surface area contributed by atoms with Crippen LogP contribution in [0.25, 0.3) is 0 Å². The van der Waals surface area contributed by atoms with Gasteiger partial charge in [-0.3, -0.25) is 0 Å². The van der Waals surface area contributed by atoms with Crippen molar-refractivity contribution in [3.8, 4) is 0 Å².